The first-order valence-corrected chi connectivity index (χ1v) is 8.21. The second kappa shape index (κ2) is 6.87. The van der Waals surface area contributed by atoms with Crippen molar-refractivity contribution in [3.63, 3.8) is 0 Å². The molecule has 24 heavy (non-hydrogen) atoms. The van der Waals surface area contributed by atoms with E-state index < -0.39 is 5.91 Å². The third-order valence-corrected chi connectivity index (χ3v) is 4.63. The summed E-state index contributed by atoms with van der Waals surface area (Å²) in [6.45, 7) is 0. The van der Waals surface area contributed by atoms with E-state index in [0.29, 0.717) is 23.3 Å². The lowest BCUT2D eigenvalue weighted by Gasteiger charge is -2.19. The Hall–Kier alpha value is -2.62. The third kappa shape index (κ3) is 3.18. The molecule has 1 amide bonds. The molecule has 0 aromatic heterocycles. The van der Waals surface area contributed by atoms with Gasteiger partial charge in [0, 0.05) is 12.0 Å². The molecule has 2 N–H and O–H groups in total. The Labute approximate surface area is 141 Å². The number of hydrogen-bond donors (Lipinski definition) is 1. The number of methoxy groups -OCH3 is 1. The summed E-state index contributed by atoms with van der Waals surface area (Å²) in [5.41, 5.74) is 9.78. The molecule has 1 aliphatic rings. The first kappa shape index (κ1) is 16.2. The van der Waals surface area contributed by atoms with Gasteiger partial charge in [-0.3, -0.25) is 9.59 Å². The Balaban J connectivity index is 1.93. The average molecular weight is 323 g/mol. The summed E-state index contributed by atoms with van der Waals surface area (Å²) in [6.07, 6.45) is 4.79. The fourth-order valence-electron chi connectivity index (χ4n) is 3.37. The minimum atomic E-state index is -0.552. The molecule has 4 nitrogen and oxygen atoms in total. The highest BCUT2D eigenvalue weighted by atomic mass is 16.5. The molecule has 0 unspecified atom stereocenters. The van der Waals surface area contributed by atoms with Crippen molar-refractivity contribution in [1.82, 2.24) is 0 Å². The van der Waals surface area contributed by atoms with Crippen LogP contribution in [-0.2, 0) is 19.3 Å². The first-order valence-electron chi connectivity index (χ1n) is 8.21. The Kier molecular flexibility index (Phi) is 4.65. The van der Waals surface area contributed by atoms with Gasteiger partial charge in [0.2, 0.25) is 5.91 Å². The number of ether oxygens (including phenoxy) is 1. The molecule has 2 aromatic carbocycles. The molecular weight excluding hydrogens is 302 g/mol. The summed E-state index contributed by atoms with van der Waals surface area (Å²) in [4.78, 5) is 24.2. The largest absolute Gasteiger partial charge is 0.496 e. The van der Waals surface area contributed by atoms with Crippen molar-refractivity contribution in [3.8, 4) is 5.75 Å². The van der Waals surface area contributed by atoms with Gasteiger partial charge >= 0.3 is 0 Å². The zero-order valence-electron chi connectivity index (χ0n) is 13.8. The lowest BCUT2D eigenvalue weighted by Crippen LogP contribution is -2.14. The number of ketones is 1. The summed E-state index contributed by atoms with van der Waals surface area (Å²) in [7, 11) is 1.51. The molecule has 0 aliphatic heterocycles. The number of amides is 1. The summed E-state index contributed by atoms with van der Waals surface area (Å²) in [5, 5.41) is 0. The van der Waals surface area contributed by atoms with E-state index in [1.165, 1.54) is 37.1 Å². The minimum Gasteiger partial charge on any atom is -0.496 e. The van der Waals surface area contributed by atoms with Crippen LogP contribution in [0.2, 0.25) is 0 Å². The van der Waals surface area contributed by atoms with Crippen LogP contribution in [0.1, 0.15) is 50.2 Å². The van der Waals surface area contributed by atoms with Crippen LogP contribution < -0.4 is 10.5 Å². The van der Waals surface area contributed by atoms with E-state index in [1.807, 2.05) is 12.1 Å². The zero-order chi connectivity index (χ0) is 17.1. The molecular formula is C20H21NO3. The Morgan fingerprint density at radius 3 is 2.67 bits per heavy atom. The Morgan fingerprint density at radius 2 is 1.92 bits per heavy atom. The topological polar surface area (TPSA) is 69.4 Å². The second-order valence-electron chi connectivity index (χ2n) is 6.14. The van der Waals surface area contributed by atoms with Crippen LogP contribution in [0.3, 0.4) is 0 Å². The van der Waals surface area contributed by atoms with E-state index in [0.717, 1.165) is 18.4 Å². The van der Waals surface area contributed by atoms with E-state index in [1.54, 1.807) is 12.1 Å². The highest BCUT2D eigenvalue weighted by Crippen LogP contribution is 2.27. The van der Waals surface area contributed by atoms with E-state index in [9.17, 15) is 9.59 Å². The second-order valence-corrected chi connectivity index (χ2v) is 6.14. The van der Waals surface area contributed by atoms with Crippen LogP contribution in [0.5, 0.6) is 5.75 Å². The first-order chi connectivity index (χ1) is 11.6. The number of primary amides is 1. The van der Waals surface area contributed by atoms with Crippen molar-refractivity contribution >= 4 is 11.7 Å². The van der Waals surface area contributed by atoms with Gasteiger partial charge in [0.1, 0.15) is 5.75 Å². The number of benzene rings is 2. The smallest absolute Gasteiger partial charge is 0.248 e. The monoisotopic (exact) mass is 323 g/mol. The number of carbonyl (C=O) groups excluding carboxylic acids is 2. The molecule has 4 heteroatoms. The van der Waals surface area contributed by atoms with Crippen molar-refractivity contribution in [2.45, 2.75) is 32.1 Å². The molecule has 0 radical (unpaired) electrons. The van der Waals surface area contributed by atoms with Crippen LogP contribution in [0.25, 0.3) is 0 Å². The van der Waals surface area contributed by atoms with E-state index in [2.05, 4.69) is 6.07 Å². The van der Waals surface area contributed by atoms with Crippen LogP contribution in [-0.4, -0.2) is 18.8 Å². The highest BCUT2D eigenvalue weighted by Gasteiger charge is 2.19. The SMILES string of the molecule is COc1ccc(C(N)=O)cc1C(=O)Cc1cccc2c1CCCC2. The molecule has 0 bridgehead atoms. The van der Waals surface area contributed by atoms with Gasteiger partial charge in [-0.05, 0) is 60.6 Å². The lowest BCUT2D eigenvalue weighted by molar-refractivity contribution is 0.0989. The predicted octanol–water partition coefficient (Wildman–Crippen LogP) is 3.10. The van der Waals surface area contributed by atoms with Gasteiger partial charge < -0.3 is 10.5 Å². The lowest BCUT2D eigenvalue weighted by atomic mass is 9.86. The van der Waals surface area contributed by atoms with Crippen molar-refractivity contribution in [1.29, 1.82) is 0 Å². The van der Waals surface area contributed by atoms with Gasteiger partial charge in [-0.25, -0.2) is 0 Å². The van der Waals surface area contributed by atoms with Gasteiger partial charge in [0.05, 0.1) is 12.7 Å². The highest BCUT2D eigenvalue weighted by molar-refractivity contribution is 6.03. The standard InChI is InChI=1S/C20H21NO3/c1-24-19-10-9-15(20(21)23)11-17(19)18(22)12-14-7-4-6-13-5-2-3-8-16(13)14/h4,6-7,9-11H,2-3,5,8,12H2,1H3,(H2,21,23). The fourth-order valence-corrected chi connectivity index (χ4v) is 3.37. The maximum absolute atomic E-state index is 12.8. The normalized spacial score (nSPS) is 13.2. The van der Waals surface area contributed by atoms with Crippen molar-refractivity contribution in [2.24, 2.45) is 5.73 Å². The van der Waals surface area contributed by atoms with Crippen molar-refractivity contribution in [3.05, 3.63) is 64.2 Å². The number of fused-ring (bicyclic) bond motifs is 1. The molecule has 0 fully saturated rings. The summed E-state index contributed by atoms with van der Waals surface area (Å²) < 4.78 is 5.28. The molecule has 1 aliphatic carbocycles. The van der Waals surface area contributed by atoms with E-state index in [4.69, 9.17) is 10.5 Å². The summed E-state index contributed by atoms with van der Waals surface area (Å²) in [6, 6.07) is 10.9. The Morgan fingerprint density at radius 1 is 1.12 bits per heavy atom. The quantitative estimate of drug-likeness (QED) is 0.860. The van der Waals surface area contributed by atoms with Gasteiger partial charge in [-0.15, -0.1) is 0 Å². The van der Waals surface area contributed by atoms with Crippen molar-refractivity contribution in [2.75, 3.05) is 7.11 Å². The number of hydrogen-bond acceptors (Lipinski definition) is 3. The fraction of sp³-hybridized carbons (Fsp3) is 0.300. The third-order valence-electron chi connectivity index (χ3n) is 4.63. The minimum absolute atomic E-state index is 0.0612. The van der Waals surface area contributed by atoms with Gasteiger partial charge in [0.25, 0.3) is 0 Å². The maximum Gasteiger partial charge on any atom is 0.248 e. The number of Topliss-reactive ketones (excluding diaryl/α,β-unsaturated/α-hetero) is 1. The summed E-state index contributed by atoms with van der Waals surface area (Å²) >= 11 is 0. The maximum atomic E-state index is 12.8. The summed E-state index contributed by atoms with van der Waals surface area (Å²) in [5.74, 6) is -0.146. The van der Waals surface area contributed by atoms with Gasteiger partial charge in [-0.1, -0.05) is 18.2 Å². The van der Waals surface area contributed by atoms with Crippen LogP contribution in [0, 0.1) is 0 Å². The molecule has 0 atom stereocenters. The number of nitrogens with two attached hydrogens (primary N) is 1. The van der Waals surface area contributed by atoms with Crippen LogP contribution >= 0.6 is 0 Å². The Bertz CT molecular complexity index is 795. The molecule has 2 aromatic rings. The molecule has 0 heterocycles. The molecule has 0 saturated carbocycles. The molecule has 0 spiro atoms. The predicted molar refractivity (Wildman–Crippen MR) is 92.6 cm³/mol. The van der Waals surface area contributed by atoms with E-state index in [-0.39, 0.29) is 5.78 Å². The number of carbonyl (C=O) groups is 2. The van der Waals surface area contributed by atoms with Crippen LogP contribution in [0.15, 0.2) is 36.4 Å². The van der Waals surface area contributed by atoms with Gasteiger partial charge in [0.15, 0.2) is 5.78 Å². The number of rotatable bonds is 5. The molecule has 0 saturated heterocycles. The zero-order valence-corrected chi connectivity index (χ0v) is 13.8. The van der Waals surface area contributed by atoms with Gasteiger partial charge in [-0.2, -0.15) is 0 Å². The number of aryl methyl sites for hydroxylation is 1. The average Bonchev–Trinajstić information content (AvgIpc) is 2.61. The molecule has 3 rings (SSSR count). The van der Waals surface area contributed by atoms with Crippen LogP contribution in [0.4, 0.5) is 0 Å². The molecule has 124 valence electrons. The van der Waals surface area contributed by atoms with Crippen molar-refractivity contribution < 1.29 is 14.3 Å². The van der Waals surface area contributed by atoms with E-state index >= 15 is 0 Å².